The van der Waals surface area contributed by atoms with Crippen molar-refractivity contribution in [2.45, 2.75) is 30.3 Å². The maximum absolute atomic E-state index is 13.3. The highest BCUT2D eigenvalue weighted by Gasteiger charge is 2.39. The summed E-state index contributed by atoms with van der Waals surface area (Å²) in [5, 5.41) is 12.6. The summed E-state index contributed by atoms with van der Waals surface area (Å²) in [4.78, 5) is 34.6. The molecule has 4 heterocycles. The van der Waals surface area contributed by atoms with E-state index in [1.54, 1.807) is 34.9 Å². The van der Waals surface area contributed by atoms with Crippen LogP contribution in [0.5, 0.6) is 0 Å². The molecule has 1 aromatic carbocycles. The second-order valence-corrected chi connectivity index (χ2v) is 9.58. The van der Waals surface area contributed by atoms with Gasteiger partial charge >= 0.3 is 6.03 Å². The first-order valence-electron chi connectivity index (χ1n) is 11.7. The number of carbonyl (C=O) groups is 2. The molecule has 0 aliphatic carbocycles. The van der Waals surface area contributed by atoms with E-state index in [2.05, 4.69) is 5.10 Å². The number of carbonyl (C=O) groups excluding carboxylic acids is 2. The van der Waals surface area contributed by atoms with Gasteiger partial charge in [-0.3, -0.25) is 10.2 Å². The summed E-state index contributed by atoms with van der Waals surface area (Å²) >= 11 is 1.38. The highest BCUT2D eigenvalue weighted by Crippen LogP contribution is 2.34. The SMILES string of the molecule is Cc1occc1C(=O)n1nc(C2CCN2C(=O)N2CCOCC2)nc1SCc1ccc(C(=N)N)cc1. The molecule has 2 saturated heterocycles. The number of hydrogen-bond acceptors (Lipinski definition) is 8. The highest BCUT2D eigenvalue weighted by atomic mass is 32.2. The summed E-state index contributed by atoms with van der Waals surface area (Å²) in [6.07, 6.45) is 2.20. The minimum atomic E-state index is -0.334. The van der Waals surface area contributed by atoms with Crippen molar-refractivity contribution in [3.8, 4) is 0 Å². The molecular formula is C24H27N7O4S. The molecule has 3 aromatic rings. The number of thioether (sulfide) groups is 1. The Labute approximate surface area is 212 Å². The summed E-state index contributed by atoms with van der Waals surface area (Å²) < 4.78 is 12.0. The molecule has 3 N–H and O–H groups in total. The van der Waals surface area contributed by atoms with E-state index in [0.29, 0.717) is 66.5 Å². The van der Waals surface area contributed by atoms with Gasteiger partial charge in [-0.2, -0.15) is 4.68 Å². The van der Waals surface area contributed by atoms with Crippen LogP contribution in [0.2, 0.25) is 0 Å². The Bertz CT molecular complexity index is 1280. The van der Waals surface area contributed by atoms with Gasteiger partial charge in [0.2, 0.25) is 0 Å². The number of ether oxygens (including phenoxy) is 1. The number of nitrogens with two attached hydrogens (primary N) is 1. The molecule has 2 amide bonds. The van der Waals surface area contributed by atoms with Crippen molar-refractivity contribution >= 4 is 29.5 Å². The lowest BCUT2D eigenvalue weighted by atomic mass is 10.0. The van der Waals surface area contributed by atoms with Crippen molar-refractivity contribution in [3.05, 3.63) is 64.9 Å². The van der Waals surface area contributed by atoms with Crippen LogP contribution in [0.1, 0.15) is 45.5 Å². The Morgan fingerprint density at radius 2 is 1.92 bits per heavy atom. The van der Waals surface area contributed by atoms with Gasteiger partial charge in [-0.25, -0.2) is 9.78 Å². The van der Waals surface area contributed by atoms with E-state index in [-0.39, 0.29) is 23.8 Å². The lowest BCUT2D eigenvalue weighted by molar-refractivity contribution is 0.0245. The van der Waals surface area contributed by atoms with E-state index >= 15 is 0 Å². The molecule has 0 bridgehead atoms. The van der Waals surface area contributed by atoms with E-state index in [4.69, 9.17) is 25.3 Å². The van der Waals surface area contributed by atoms with Gasteiger partial charge < -0.3 is 24.7 Å². The van der Waals surface area contributed by atoms with E-state index in [1.807, 2.05) is 12.1 Å². The average molecular weight is 510 g/mol. The van der Waals surface area contributed by atoms with Crippen LogP contribution in [0, 0.1) is 12.3 Å². The summed E-state index contributed by atoms with van der Waals surface area (Å²) in [5.74, 6) is 1.17. The topological polar surface area (TPSA) is 144 Å². The fourth-order valence-corrected chi connectivity index (χ4v) is 5.04. The third-order valence-electron chi connectivity index (χ3n) is 6.35. The number of nitrogen functional groups attached to an aromatic ring is 1. The van der Waals surface area contributed by atoms with Gasteiger partial charge in [0.15, 0.2) is 11.0 Å². The molecule has 1 atom stereocenters. The van der Waals surface area contributed by atoms with Gasteiger partial charge in [-0.15, -0.1) is 5.10 Å². The molecule has 1 unspecified atom stereocenters. The first kappa shape index (κ1) is 24.1. The molecule has 0 radical (unpaired) electrons. The summed E-state index contributed by atoms with van der Waals surface area (Å²) in [7, 11) is 0. The Balaban J connectivity index is 1.39. The summed E-state index contributed by atoms with van der Waals surface area (Å²) in [6, 6.07) is 8.64. The monoisotopic (exact) mass is 509 g/mol. The number of rotatable bonds is 6. The van der Waals surface area contributed by atoms with E-state index < -0.39 is 0 Å². The number of furan rings is 1. The van der Waals surface area contributed by atoms with Crippen LogP contribution in [0.3, 0.4) is 0 Å². The van der Waals surface area contributed by atoms with Gasteiger partial charge in [0.05, 0.1) is 31.1 Å². The number of nitrogens with one attached hydrogen (secondary N) is 1. The first-order chi connectivity index (χ1) is 17.4. The van der Waals surface area contributed by atoms with Gasteiger partial charge in [0.25, 0.3) is 5.91 Å². The van der Waals surface area contributed by atoms with E-state index in [9.17, 15) is 9.59 Å². The van der Waals surface area contributed by atoms with Gasteiger partial charge in [-0.05, 0) is 25.0 Å². The standard InChI is InChI=1S/C24H27N7O4S/c1-15-18(7-11-35-15)22(32)31-23(36-14-16-2-4-17(5-3-16)20(25)26)27-21(28-31)19-6-8-30(19)24(33)29-9-12-34-13-10-29/h2-5,7,11,19H,6,8-10,12-14H2,1H3,(H3,25,26). The van der Waals surface area contributed by atoms with Crippen molar-refractivity contribution in [1.82, 2.24) is 24.6 Å². The molecule has 188 valence electrons. The van der Waals surface area contributed by atoms with Gasteiger partial charge in [0.1, 0.15) is 11.6 Å². The molecule has 11 nitrogen and oxygen atoms in total. The number of aromatic nitrogens is 3. The second-order valence-electron chi connectivity index (χ2n) is 8.64. The summed E-state index contributed by atoms with van der Waals surface area (Å²) in [6.45, 7) is 4.53. The van der Waals surface area contributed by atoms with Crippen LogP contribution in [0.15, 0.2) is 46.2 Å². The number of aryl methyl sites for hydroxylation is 1. The molecular weight excluding hydrogens is 482 g/mol. The molecule has 2 aliphatic rings. The van der Waals surface area contributed by atoms with E-state index in [0.717, 1.165) is 12.0 Å². The fourth-order valence-electron chi connectivity index (χ4n) is 4.15. The largest absolute Gasteiger partial charge is 0.469 e. The maximum Gasteiger partial charge on any atom is 0.320 e. The number of benzene rings is 1. The second kappa shape index (κ2) is 10.2. The Morgan fingerprint density at radius 3 is 2.53 bits per heavy atom. The Hall–Kier alpha value is -3.64. The lowest BCUT2D eigenvalue weighted by Gasteiger charge is -2.42. The fraction of sp³-hybridized carbons (Fsp3) is 0.375. The zero-order valence-electron chi connectivity index (χ0n) is 19.8. The normalized spacial score (nSPS) is 17.6. The number of likely N-dealkylation sites (tertiary alicyclic amines) is 1. The number of morpholine rings is 1. The lowest BCUT2D eigenvalue weighted by Crippen LogP contribution is -2.54. The molecule has 0 saturated carbocycles. The van der Waals surface area contributed by atoms with Crippen molar-refractivity contribution in [2.75, 3.05) is 32.8 Å². The number of amidine groups is 1. The molecule has 12 heteroatoms. The third kappa shape index (κ3) is 4.73. The molecule has 2 aromatic heterocycles. The molecule has 0 spiro atoms. The number of amides is 2. The van der Waals surface area contributed by atoms with E-state index in [1.165, 1.54) is 22.7 Å². The minimum Gasteiger partial charge on any atom is -0.469 e. The molecule has 2 fully saturated rings. The Morgan fingerprint density at radius 1 is 1.17 bits per heavy atom. The minimum absolute atomic E-state index is 0.0105. The molecule has 36 heavy (non-hydrogen) atoms. The van der Waals surface area contributed by atoms with Crippen molar-refractivity contribution in [3.63, 3.8) is 0 Å². The van der Waals surface area contributed by atoms with Crippen LogP contribution < -0.4 is 5.73 Å². The molecule has 5 rings (SSSR count). The smallest absolute Gasteiger partial charge is 0.320 e. The zero-order valence-corrected chi connectivity index (χ0v) is 20.7. The van der Waals surface area contributed by atoms with Crippen LogP contribution in [0.25, 0.3) is 0 Å². The quantitative estimate of drug-likeness (QED) is 0.293. The predicted molar refractivity (Wildman–Crippen MR) is 132 cm³/mol. The van der Waals surface area contributed by atoms with Crippen molar-refractivity contribution < 1.29 is 18.7 Å². The van der Waals surface area contributed by atoms with Crippen molar-refractivity contribution in [2.24, 2.45) is 5.73 Å². The number of hydrogen-bond donors (Lipinski definition) is 2. The third-order valence-corrected chi connectivity index (χ3v) is 7.35. The predicted octanol–water partition coefficient (Wildman–Crippen LogP) is 2.64. The van der Waals surface area contributed by atoms with Crippen LogP contribution in [-0.4, -0.2) is 75.2 Å². The average Bonchev–Trinajstić information content (AvgIpc) is 3.48. The van der Waals surface area contributed by atoms with Crippen LogP contribution in [-0.2, 0) is 10.5 Å². The first-order valence-corrected chi connectivity index (χ1v) is 12.7. The van der Waals surface area contributed by atoms with Gasteiger partial charge in [0, 0.05) is 31.0 Å². The van der Waals surface area contributed by atoms with Crippen LogP contribution >= 0.6 is 11.8 Å². The maximum atomic E-state index is 13.3. The molecule has 2 aliphatic heterocycles. The Kier molecular flexibility index (Phi) is 6.79. The van der Waals surface area contributed by atoms with Crippen molar-refractivity contribution in [1.29, 1.82) is 5.41 Å². The highest BCUT2D eigenvalue weighted by molar-refractivity contribution is 7.98. The number of nitrogens with zero attached hydrogens (tertiary/aromatic N) is 5. The number of urea groups is 1. The van der Waals surface area contributed by atoms with Crippen LogP contribution in [0.4, 0.5) is 4.79 Å². The zero-order chi connectivity index (χ0) is 25.2. The summed E-state index contributed by atoms with van der Waals surface area (Å²) in [5.41, 5.74) is 7.59. The van der Waals surface area contributed by atoms with Gasteiger partial charge in [-0.1, -0.05) is 36.0 Å².